The number of aryl methyl sites for hydroxylation is 1. The van der Waals surface area contributed by atoms with E-state index in [2.05, 4.69) is 30.6 Å². The highest BCUT2D eigenvalue weighted by atomic mass is 32.2. The molecule has 19 heavy (non-hydrogen) atoms. The predicted octanol–water partition coefficient (Wildman–Crippen LogP) is 1.95. The van der Waals surface area contributed by atoms with E-state index in [9.17, 15) is 0 Å². The van der Waals surface area contributed by atoms with Crippen LogP contribution in [0, 0.1) is 6.92 Å². The maximum absolute atomic E-state index is 4.39. The Morgan fingerprint density at radius 3 is 2.58 bits per heavy atom. The van der Waals surface area contributed by atoms with Crippen LogP contribution in [-0.4, -0.2) is 33.2 Å². The van der Waals surface area contributed by atoms with Crippen LogP contribution in [-0.2, 0) is 6.54 Å². The second-order valence-electron chi connectivity index (χ2n) is 3.88. The van der Waals surface area contributed by atoms with Gasteiger partial charge >= 0.3 is 0 Å². The molecule has 2 aromatic rings. The van der Waals surface area contributed by atoms with Gasteiger partial charge in [-0.3, -0.25) is 9.97 Å². The van der Waals surface area contributed by atoms with Crippen molar-refractivity contribution < 1.29 is 0 Å². The van der Waals surface area contributed by atoms with Crippen LogP contribution in [0.2, 0.25) is 0 Å². The van der Waals surface area contributed by atoms with E-state index in [4.69, 9.17) is 0 Å². The minimum atomic E-state index is 0.585. The third-order valence-electron chi connectivity index (χ3n) is 2.43. The summed E-state index contributed by atoms with van der Waals surface area (Å²) in [5.41, 5.74) is 1.79. The van der Waals surface area contributed by atoms with Gasteiger partial charge in [0.2, 0.25) is 0 Å². The van der Waals surface area contributed by atoms with Gasteiger partial charge in [-0.15, -0.1) is 0 Å². The predicted molar refractivity (Wildman–Crippen MR) is 77.5 cm³/mol. The first-order chi connectivity index (χ1) is 9.21. The average molecular weight is 276 g/mol. The molecule has 0 saturated heterocycles. The quantitative estimate of drug-likeness (QED) is 0.638. The maximum atomic E-state index is 4.39. The molecule has 0 aliphatic carbocycles. The lowest BCUT2D eigenvalue weighted by atomic mass is 10.4. The number of hydrogen-bond acceptors (Lipinski definition) is 7. The first-order valence-corrected chi connectivity index (χ1v) is 7.06. The number of hydrogen-bond donors (Lipinski definition) is 2. The summed E-state index contributed by atoms with van der Waals surface area (Å²) in [6, 6.07) is 1.86. The van der Waals surface area contributed by atoms with Crippen molar-refractivity contribution in [3.63, 3.8) is 0 Å². The molecule has 0 aliphatic heterocycles. The van der Waals surface area contributed by atoms with Crippen LogP contribution < -0.4 is 10.6 Å². The zero-order valence-corrected chi connectivity index (χ0v) is 12.0. The van der Waals surface area contributed by atoms with Gasteiger partial charge < -0.3 is 10.6 Å². The van der Waals surface area contributed by atoms with Gasteiger partial charge in [-0.05, 0) is 13.2 Å². The summed E-state index contributed by atoms with van der Waals surface area (Å²) in [7, 11) is 1.83. The zero-order valence-electron chi connectivity index (χ0n) is 11.1. The van der Waals surface area contributed by atoms with E-state index in [1.807, 2.05) is 26.3 Å². The van der Waals surface area contributed by atoms with Gasteiger partial charge in [0.15, 0.2) is 5.16 Å². The van der Waals surface area contributed by atoms with Gasteiger partial charge in [0.25, 0.3) is 0 Å². The molecule has 0 aromatic carbocycles. The molecular formula is C12H16N6S. The smallest absolute Gasteiger partial charge is 0.191 e. The standard InChI is InChI=1S/C12H16N6S/c1-8-5-15-9(6-14-8)7-16-11-4-10(13-2)17-12(18-11)19-3/h4-6H,7H2,1-3H3,(H2,13,16,17,18). The molecule has 0 atom stereocenters. The summed E-state index contributed by atoms with van der Waals surface area (Å²) < 4.78 is 0. The van der Waals surface area contributed by atoms with Gasteiger partial charge in [-0.1, -0.05) is 11.8 Å². The monoisotopic (exact) mass is 276 g/mol. The molecule has 0 amide bonds. The second kappa shape index (κ2) is 6.33. The highest BCUT2D eigenvalue weighted by Crippen LogP contribution is 2.17. The molecule has 7 heteroatoms. The molecule has 0 fully saturated rings. The van der Waals surface area contributed by atoms with Crippen LogP contribution in [0.4, 0.5) is 11.6 Å². The van der Waals surface area contributed by atoms with Gasteiger partial charge in [0.05, 0.1) is 24.1 Å². The third kappa shape index (κ3) is 3.78. The van der Waals surface area contributed by atoms with E-state index in [0.717, 1.165) is 28.2 Å². The highest BCUT2D eigenvalue weighted by molar-refractivity contribution is 7.98. The van der Waals surface area contributed by atoms with Crippen molar-refractivity contribution in [1.82, 2.24) is 19.9 Å². The fourth-order valence-corrected chi connectivity index (χ4v) is 1.81. The van der Waals surface area contributed by atoms with Gasteiger partial charge in [-0.2, -0.15) is 0 Å². The van der Waals surface area contributed by atoms with E-state index in [1.165, 1.54) is 11.8 Å². The van der Waals surface area contributed by atoms with Crippen molar-refractivity contribution >= 4 is 23.4 Å². The Morgan fingerprint density at radius 2 is 1.95 bits per heavy atom. The van der Waals surface area contributed by atoms with E-state index in [0.29, 0.717) is 6.54 Å². The van der Waals surface area contributed by atoms with Crippen molar-refractivity contribution in [2.24, 2.45) is 0 Å². The van der Waals surface area contributed by atoms with Crippen LogP contribution >= 0.6 is 11.8 Å². The lowest BCUT2D eigenvalue weighted by Gasteiger charge is -2.08. The van der Waals surface area contributed by atoms with E-state index >= 15 is 0 Å². The van der Waals surface area contributed by atoms with E-state index in [-0.39, 0.29) is 0 Å². The topological polar surface area (TPSA) is 75.6 Å². The molecule has 0 radical (unpaired) electrons. The summed E-state index contributed by atoms with van der Waals surface area (Å²) in [6.45, 7) is 2.50. The van der Waals surface area contributed by atoms with Crippen LogP contribution in [0.5, 0.6) is 0 Å². The lowest BCUT2D eigenvalue weighted by Crippen LogP contribution is -2.06. The van der Waals surface area contributed by atoms with Crippen molar-refractivity contribution in [3.8, 4) is 0 Å². The number of nitrogens with zero attached hydrogens (tertiary/aromatic N) is 4. The molecule has 0 saturated carbocycles. The molecule has 2 rings (SSSR count). The lowest BCUT2D eigenvalue weighted by molar-refractivity contribution is 0.935. The minimum Gasteiger partial charge on any atom is -0.373 e. The molecule has 0 spiro atoms. The molecular weight excluding hydrogens is 260 g/mol. The summed E-state index contributed by atoms with van der Waals surface area (Å²) >= 11 is 1.51. The number of rotatable bonds is 5. The average Bonchev–Trinajstić information content (AvgIpc) is 2.46. The Bertz CT molecular complexity index is 520. The van der Waals surface area contributed by atoms with Gasteiger partial charge in [0.1, 0.15) is 11.6 Å². The molecule has 0 unspecified atom stereocenters. The Morgan fingerprint density at radius 1 is 1.16 bits per heavy atom. The van der Waals surface area contributed by atoms with Crippen LogP contribution in [0.3, 0.4) is 0 Å². The fourth-order valence-electron chi connectivity index (χ4n) is 1.43. The highest BCUT2D eigenvalue weighted by Gasteiger charge is 2.03. The van der Waals surface area contributed by atoms with Crippen molar-refractivity contribution in [3.05, 3.63) is 29.8 Å². The summed E-state index contributed by atoms with van der Waals surface area (Å²) in [5, 5.41) is 6.96. The molecule has 0 aliphatic rings. The molecule has 0 bridgehead atoms. The molecule has 2 heterocycles. The normalized spacial score (nSPS) is 10.3. The fraction of sp³-hybridized carbons (Fsp3) is 0.333. The van der Waals surface area contributed by atoms with Crippen LogP contribution in [0.15, 0.2) is 23.6 Å². The Hall–Kier alpha value is -1.89. The SMILES string of the molecule is CNc1cc(NCc2cnc(C)cn2)nc(SC)n1. The minimum absolute atomic E-state index is 0.585. The van der Waals surface area contributed by atoms with E-state index < -0.39 is 0 Å². The van der Waals surface area contributed by atoms with Gasteiger partial charge in [-0.25, -0.2) is 9.97 Å². The second-order valence-corrected chi connectivity index (χ2v) is 4.65. The van der Waals surface area contributed by atoms with Crippen molar-refractivity contribution in [2.75, 3.05) is 23.9 Å². The number of anilines is 2. The molecule has 2 aromatic heterocycles. The Labute approximate surface area is 116 Å². The molecule has 6 nitrogen and oxygen atoms in total. The first-order valence-electron chi connectivity index (χ1n) is 5.83. The summed E-state index contributed by atoms with van der Waals surface area (Å²) in [4.78, 5) is 17.2. The van der Waals surface area contributed by atoms with Crippen molar-refractivity contribution in [2.45, 2.75) is 18.6 Å². The van der Waals surface area contributed by atoms with E-state index in [1.54, 1.807) is 12.4 Å². The first kappa shape index (κ1) is 13.5. The molecule has 100 valence electrons. The molecule has 2 N–H and O–H groups in total. The maximum Gasteiger partial charge on any atom is 0.191 e. The summed E-state index contributed by atoms with van der Waals surface area (Å²) in [5.74, 6) is 1.56. The Balaban J connectivity index is 2.08. The largest absolute Gasteiger partial charge is 0.373 e. The number of aromatic nitrogens is 4. The van der Waals surface area contributed by atoms with Crippen LogP contribution in [0.25, 0.3) is 0 Å². The van der Waals surface area contributed by atoms with Crippen molar-refractivity contribution in [1.29, 1.82) is 0 Å². The Kier molecular flexibility index (Phi) is 4.51. The number of thioether (sulfide) groups is 1. The van der Waals surface area contributed by atoms with Crippen LogP contribution in [0.1, 0.15) is 11.4 Å². The number of nitrogens with one attached hydrogen (secondary N) is 2. The summed E-state index contributed by atoms with van der Waals surface area (Å²) in [6.07, 6.45) is 5.46. The third-order valence-corrected chi connectivity index (χ3v) is 2.98. The van der Waals surface area contributed by atoms with Gasteiger partial charge in [0, 0.05) is 19.3 Å². The zero-order chi connectivity index (χ0) is 13.7.